The van der Waals surface area contributed by atoms with Gasteiger partial charge in [0.1, 0.15) is 5.75 Å². The van der Waals surface area contributed by atoms with Gasteiger partial charge in [-0.2, -0.15) is 0 Å². The van der Waals surface area contributed by atoms with Gasteiger partial charge in [-0.25, -0.2) is 4.79 Å². The zero-order valence-corrected chi connectivity index (χ0v) is 15.1. The van der Waals surface area contributed by atoms with Crippen LogP contribution in [0, 0.1) is 17.8 Å². The summed E-state index contributed by atoms with van der Waals surface area (Å²) in [6.45, 7) is 1.55. The van der Waals surface area contributed by atoms with E-state index in [9.17, 15) is 15.0 Å². The van der Waals surface area contributed by atoms with Crippen molar-refractivity contribution < 1.29 is 15.0 Å². The number of amides is 2. The number of aliphatic hydroxyl groups excluding tert-OH is 1. The third-order valence-corrected chi connectivity index (χ3v) is 6.44. The molecule has 0 aromatic heterocycles. The van der Waals surface area contributed by atoms with Gasteiger partial charge in [-0.05, 0) is 75.3 Å². The minimum atomic E-state index is -0.870. The summed E-state index contributed by atoms with van der Waals surface area (Å²) in [6.07, 6.45) is 6.26. The molecule has 4 aliphatic rings. The lowest BCUT2D eigenvalue weighted by Gasteiger charge is -2.56. The van der Waals surface area contributed by atoms with Crippen LogP contribution in [0.3, 0.4) is 0 Å². The van der Waals surface area contributed by atoms with Gasteiger partial charge in [0, 0.05) is 16.1 Å². The highest BCUT2D eigenvalue weighted by Gasteiger charge is 2.51. The van der Waals surface area contributed by atoms with Gasteiger partial charge in [0.25, 0.3) is 0 Å². The van der Waals surface area contributed by atoms with Crippen molar-refractivity contribution in [3.63, 3.8) is 0 Å². The molecule has 0 saturated heterocycles. The van der Waals surface area contributed by atoms with Crippen LogP contribution < -0.4 is 10.6 Å². The molecule has 5 rings (SSSR count). The number of phenols is 1. The van der Waals surface area contributed by atoms with E-state index in [4.69, 9.17) is 11.6 Å². The summed E-state index contributed by atoms with van der Waals surface area (Å²) < 4.78 is 0. The molecule has 1 unspecified atom stereocenters. The Morgan fingerprint density at radius 3 is 2.28 bits per heavy atom. The van der Waals surface area contributed by atoms with Crippen LogP contribution in [0.2, 0.25) is 5.02 Å². The lowest BCUT2D eigenvalue weighted by molar-refractivity contribution is -0.0127. The van der Waals surface area contributed by atoms with Gasteiger partial charge >= 0.3 is 6.03 Å². The summed E-state index contributed by atoms with van der Waals surface area (Å²) in [5, 5.41) is 26.3. The number of nitrogens with one attached hydrogen (secondary N) is 2. The lowest BCUT2D eigenvalue weighted by atomic mass is 9.53. The van der Waals surface area contributed by atoms with Crippen LogP contribution in [-0.4, -0.2) is 21.8 Å². The molecule has 4 saturated carbocycles. The Hall–Kier alpha value is -1.46. The van der Waals surface area contributed by atoms with E-state index in [1.165, 1.54) is 31.4 Å². The Labute approximate surface area is 152 Å². The number of hydrogen-bond acceptors (Lipinski definition) is 3. The van der Waals surface area contributed by atoms with E-state index in [0.29, 0.717) is 10.6 Å². The largest absolute Gasteiger partial charge is 0.505 e. The number of aliphatic hydroxyl groups is 1. The molecule has 1 atom stereocenters. The maximum absolute atomic E-state index is 12.6. The van der Waals surface area contributed by atoms with Crippen molar-refractivity contribution in [1.82, 2.24) is 5.32 Å². The maximum atomic E-state index is 12.6. The monoisotopic (exact) mass is 364 g/mol. The van der Waals surface area contributed by atoms with Gasteiger partial charge in [-0.1, -0.05) is 11.6 Å². The fourth-order valence-electron chi connectivity index (χ4n) is 5.69. The first-order valence-electron chi connectivity index (χ1n) is 9.13. The predicted molar refractivity (Wildman–Crippen MR) is 96.8 cm³/mol. The van der Waals surface area contributed by atoms with Crippen molar-refractivity contribution in [2.75, 3.05) is 5.32 Å². The lowest BCUT2D eigenvalue weighted by Crippen LogP contribution is -2.60. The maximum Gasteiger partial charge on any atom is 0.319 e. The summed E-state index contributed by atoms with van der Waals surface area (Å²) in [6, 6.07) is 2.70. The molecule has 0 aliphatic heterocycles. The van der Waals surface area contributed by atoms with Crippen LogP contribution in [0.25, 0.3) is 0 Å². The number of anilines is 1. The summed E-state index contributed by atoms with van der Waals surface area (Å²) in [4.78, 5) is 12.6. The molecule has 4 aliphatic carbocycles. The van der Waals surface area contributed by atoms with Crippen molar-refractivity contribution in [3.8, 4) is 5.75 Å². The zero-order valence-electron chi connectivity index (χ0n) is 14.4. The fraction of sp³-hybridized carbons (Fsp3) is 0.632. The Morgan fingerprint density at radius 2 is 1.76 bits per heavy atom. The van der Waals surface area contributed by atoms with E-state index < -0.39 is 6.10 Å². The molecular formula is C19H25ClN2O3. The van der Waals surface area contributed by atoms with Crippen molar-refractivity contribution in [2.24, 2.45) is 17.8 Å². The average Bonchev–Trinajstić information content (AvgIpc) is 2.48. The van der Waals surface area contributed by atoms with Gasteiger partial charge in [0.2, 0.25) is 0 Å². The Bertz CT molecular complexity index is 669. The van der Waals surface area contributed by atoms with Crippen molar-refractivity contribution in [3.05, 3.63) is 22.7 Å². The molecule has 6 heteroatoms. The Morgan fingerprint density at radius 1 is 1.20 bits per heavy atom. The quantitative estimate of drug-likeness (QED) is 0.607. The molecule has 5 nitrogen and oxygen atoms in total. The fourth-order valence-corrected chi connectivity index (χ4v) is 5.92. The van der Waals surface area contributed by atoms with Crippen LogP contribution in [0.4, 0.5) is 10.5 Å². The zero-order chi connectivity index (χ0) is 17.8. The van der Waals surface area contributed by atoms with Crippen LogP contribution in [0.15, 0.2) is 12.1 Å². The van der Waals surface area contributed by atoms with Crippen molar-refractivity contribution in [2.45, 2.75) is 57.1 Å². The number of halogens is 1. The molecule has 0 radical (unpaired) electrons. The molecule has 1 aromatic carbocycles. The molecule has 0 spiro atoms. The number of urea groups is 1. The first-order valence-corrected chi connectivity index (χ1v) is 9.51. The number of rotatable bonds is 3. The number of hydrogen-bond donors (Lipinski definition) is 4. The molecular weight excluding hydrogens is 340 g/mol. The molecule has 2 amide bonds. The molecule has 4 bridgehead atoms. The summed E-state index contributed by atoms with van der Waals surface area (Å²) >= 11 is 6.06. The van der Waals surface area contributed by atoms with E-state index >= 15 is 0 Å². The van der Waals surface area contributed by atoms with E-state index in [-0.39, 0.29) is 23.0 Å². The number of aromatic hydroxyl groups is 1. The minimum absolute atomic E-state index is 0.0971. The SMILES string of the molecule is CC(O)c1cc(Cl)cc(NC(=O)NC23CC4CC(CC(C4)C2)C3)c1O. The van der Waals surface area contributed by atoms with Crippen LogP contribution >= 0.6 is 11.6 Å². The minimum Gasteiger partial charge on any atom is -0.505 e. The van der Waals surface area contributed by atoms with Gasteiger partial charge in [0.15, 0.2) is 0 Å². The van der Waals surface area contributed by atoms with Gasteiger partial charge in [-0.3, -0.25) is 0 Å². The van der Waals surface area contributed by atoms with E-state index in [0.717, 1.165) is 37.0 Å². The number of phenolic OH excluding ortho intramolecular Hbond substituents is 1. The molecule has 1 aromatic rings. The van der Waals surface area contributed by atoms with Gasteiger partial charge < -0.3 is 20.8 Å². The van der Waals surface area contributed by atoms with Crippen LogP contribution in [0.1, 0.15) is 57.1 Å². The second kappa shape index (κ2) is 6.06. The highest BCUT2D eigenvalue weighted by Crippen LogP contribution is 2.55. The van der Waals surface area contributed by atoms with E-state index in [1.807, 2.05) is 0 Å². The van der Waals surface area contributed by atoms with Crippen LogP contribution in [0.5, 0.6) is 5.75 Å². The first-order chi connectivity index (χ1) is 11.8. The van der Waals surface area contributed by atoms with Crippen LogP contribution in [-0.2, 0) is 0 Å². The second-order valence-electron chi connectivity index (χ2n) is 8.34. The number of benzene rings is 1. The second-order valence-corrected chi connectivity index (χ2v) is 8.78. The Kier molecular flexibility index (Phi) is 4.12. The number of carbonyl (C=O) groups excluding carboxylic acids is 1. The van der Waals surface area contributed by atoms with Crippen molar-refractivity contribution in [1.29, 1.82) is 0 Å². The summed E-state index contributed by atoms with van der Waals surface area (Å²) in [7, 11) is 0. The normalized spacial score (nSPS) is 34.0. The van der Waals surface area contributed by atoms with Gasteiger partial charge in [-0.15, -0.1) is 0 Å². The average molecular weight is 365 g/mol. The molecule has 136 valence electrons. The molecule has 4 fully saturated rings. The highest BCUT2D eigenvalue weighted by molar-refractivity contribution is 6.31. The third kappa shape index (κ3) is 3.20. The highest BCUT2D eigenvalue weighted by atomic mass is 35.5. The smallest absolute Gasteiger partial charge is 0.319 e. The molecule has 25 heavy (non-hydrogen) atoms. The van der Waals surface area contributed by atoms with Crippen molar-refractivity contribution >= 4 is 23.3 Å². The summed E-state index contributed by atoms with van der Waals surface area (Å²) in [5.74, 6) is 2.09. The van der Waals surface area contributed by atoms with E-state index in [2.05, 4.69) is 10.6 Å². The summed E-state index contributed by atoms with van der Waals surface area (Å²) in [5.41, 5.74) is 0.434. The number of carbonyl (C=O) groups is 1. The predicted octanol–water partition coefficient (Wildman–Crippen LogP) is 4.19. The standard InChI is InChI=1S/C19H25ClN2O3/c1-10(23)15-5-14(20)6-16(17(15)24)21-18(25)22-19-7-11-2-12(8-19)4-13(3-11)9-19/h5-6,10-13,23-24H,2-4,7-9H2,1H3,(H2,21,22,25). The molecule has 0 heterocycles. The Balaban J connectivity index is 1.50. The topological polar surface area (TPSA) is 81.6 Å². The molecule has 4 N–H and O–H groups in total. The first kappa shape index (κ1) is 17.0. The van der Waals surface area contributed by atoms with Gasteiger partial charge in [0.05, 0.1) is 11.8 Å². The van der Waals surface area contributed by atoms with E-state index in [1.54, 1.807) is 6.92 Å². The third-order valence-electron chi connectivity index (χ3n) is 6.22.